The van der Waals surface area contributed by atoms with E-state index in [2.05, 4.69) is 5.32 Å². The topological polar surface area (TPSA) is 105 Å². The molecule has 1 N–H and O–H groups in total. The van der Waals surface area contributed by atoms with Crippen LogP contribution in [0.2, 0.25) is 0 Å². The van der Waals surface area contributed by atoms with E-state index in [-0.39, 0.29) is 24.8 Å². The van der Waals surface area contributed by atoms with Gasteiger partial charge in [0.05, 0.1) is 18.8 Å². The van der Waals surface area contributed by atoms with E-state index < -0.39 is 36.2 Å². The molecule has 0 radical (unpaired) electrons. The van der Waals surface area contributed by atoms with Crippen molar-refractivity contribution in [1.82, 2.24) is 10.2 Å². The van der Waals surface area contributed by atoms with Gasteiger partial charge in [-0.2, -0.15) is 0 Å². The average Bonchev–Trinajstić information content (AvgIpc) is 2.67. The monoisotopic (exact) mass is 406 g/mol. The second-order valence-corrected chi connectivity index (χ2v) is 6.87. The maximum Gasteiger partial charge on any atom is 0.282 e. The molecule has 1 rings (SSSR count). The largest absolute Gasteiger partial charge is 0.382 e. The zero-order valence-corrected chi connectivity index (χ0v) is 18.0. The normalized spacial score (nSPS) is 29.8. The van der Waals surface area contributed by atoms with Crippen molar-refractivity contribution in [3.05, 3.63) is 0 Å². The lowest BCUT2D eigenvalue weighted by molar-refractivity contribution is -0.304. The summed E-state index contributed by atoms with van der Waals surface area (Å²) in [5, 5.41) is 2.85. The van der Waals surface area contributed by atoms with Gasteiger partial charge in [-0.15, -0.1) is 0 Å². The van der Waals surface area contributed by atoms with Crippen LogP contribution in [0.3, 0.4) is 0 Å². The van der Waals surface area contributed by atoms with Crippen molar-refractivity contribution < 1.29 is 38.0 Å². The minimum atomic E-state index is -1.59. The summed E-state index contributed by atoms with van der Waals surface area (Å²) in [5.74, 6) is -2.23. The molecule has 1 saturated heterocycles. The molecule has 1 fully saturated rings. The number of ether oxygens (including phenoxy) is 6. The van der Waals surface area contributed by atoms with Gasteiger partial charge in [-0.05, 0) is 0 Å². The number of amides is 2. The van der Waals surface area contributed by atoms with Crippen LogP contribution in [0.1, 0.15) is 13.3 Å². The first-order chi connectivity index (χ1) is 13.2. The van der Waals surface area contributed by atoms with Gasteiger partial charge in [-0.3, -0.25) is 9.59 Å². The van der Waals surface area contributed by atoms with Gasteiger partial charge in [-0.25, -0.2) is 0 Å². The molecular formula is C18H34N2O8. The number of methoxy groups -OCH3 is 5. The second kappa shape index (κ2) is 11.0. The van der Waals surface area contributed by atoms with Gasteiger partial charge in [0.1, 0.15) is 18.3 Å². The summed E-state index contributed by atoms with van der Waals surface area (Å²) in [6.45, 7) is 1.62. The molecule has 0 spiro atoms. The number of hydrogen-bond donors (Lipinski definition) is 1. The van der Waals surface area contributed by atoms with Crippen molar-refractivity contribution in [3.63, 3.8) is 0 Å². The van der Waals surface area contributed by atoms with Crippen LogP contribution in [-0.2, 0) is 38.0 Å². The van der Waals surface area contributed by atoms with Crippen molar-refractivity contribution in [2.75, 3.05) is 56.3 Å². The van der Waals surface area contributed by atoms with Crippen LogP contribution in [0.25, 0.3) is 0 Å². The Morgan fingerprint density at radius 2 is 1.82 bits per heavy atom. The number of rotatable bonds is 10. The van der Waals surface area contributed by atoms with Crippen LogP contribution in [0.15, 0.2) is 0 Å². The summed E-state index contributed by atoms with van der Waals surface area (Å²) in [5.41, 5.74) is 0. The lowest BCUT2D eigenvalue weighted by Crippen LogP contribution is -2.69. The molecule has 6 atom stereocenters. The van der Waals surface area contributed by atoms with Crippen LogP contribution in [0.4, 0.5) is 0 Å². The van der Waals surface area contributed by atoms with E-state index in [4.69, 9.17) is 28.4 Å². The van der Waals surface area contributed by atoms with Gasteiger partial charge >= 0.3 is 0 Å². The Bertz CT molecular complexity index is 518. The summed E-state index contributed by atoms with van der Waals surface area (Å²) >= 11 is 0. The first-order valence-electron chi connectivity index (χ1n) is 9.00. The Balaban J connectivity index is 3.42. The molecule has 0 aromatic heterocycles. The summed E-state index contributed by atoms with van der Waals surface area (Å²) < 4.78 is 33.8. The van der Waals surface area contributed by atoms with Gasteiger partial charge in [0.25, 0.3) is 11.7 Å². The van der Waals surface area contributed by atoms with Crippen LogP contribution in [0.5, 0.6) is 0 Å². The number of nitrogens with one attached hydrogen (secondary N) is 1. The zero-order chi connectivity index (χ0) is 21.5. The number of carbonyl (C=O) groups is 2. The highest BCUT2D eigenvalue weighted by Crippen LogP contribution is 2.36. The predicted octanol–water partition coefficient (Wildman–Crippen LogP) is -0.598. The van der Waals surface area contributed by atoms with Crippen LogP contribution < -0.4 is 5.32 Å². The molecule has 1 heterocycles. The molecule has 0 bridgehead atoms. The number of hydrogen-bond acceptors (Lipinski definition) is 8. The Morgan fingerprint density at radius 1 is 1.18 bits per heavy atom. The maximum atomic E-state index is 12.9. The first kappa shape index (κ1) is 24.7. The molecule has 0 saturated carbocycles. The molecule has 10 heteroatoms. The van der Waals surface area contributed by atoms with Gasteiger partial charge in [-0.1, -0.05) is 0 Å². The fourth-order valence-corrected chi connectivity index (χ4v) is 3.51. The van der Waals surface area contributed by atoms with Crippen LogP contribution >= 0.6 is 0 Å². The summed E-state index contributed by atoms with van der Waals surface area (Å²) in [6, 6.07) is -0.597. The summed E-state index contributed by atoms with van der Waals surface area (Å²) in [4.78, 5) is 26.1. The molecule has 2 amide bonds. The molecule has 10 nitrogen and oxygen atoms in total. The standard InChI is InChI=1S/C18H34N2O8/c1-11(21)19-14-12(24-5)9-18(27-8,17(22)20(2)3)28-16(14)15(26-7)13(25-6)10-23-4/h12-16H,9-10H2,1-8H3,(H,19,21). The van der Waals surface area contributed by atoms with Crippen molar-refractivity contribution in [2.45, 2.75) is 49.6 Å². The Morgan fingerprint density at radius 3 is 2.21 bits per heavy atom. The highest BCUT2D eigenvalue weighted by atomic mass is 16.7. The van der Waals surface area contributed by atoms with Crippen LogP contribution in [0, 0.1) is 0 Å². The fraction of sp³-hybridized carbons (Fsp3) is 0.889. The molecule has 0 aromatic rings. The van der Waals surface area contributed by atoms with Crippen molar-refractivity contribution in [1.29, 1.82) is 0 Å². The van der Waals surface area contributed by atoms with E-state index >= 15 is 0 Å². The molecule has 1 aliphatic heterocycles. The summed E-state index contributed by atoms with van der Waals surface area (Å²) in [6.07, 6.45) is -2.47. The van der Waals surface area contributed by atoms with Crippen LogP contribution in [-0.4, -0.2) is 109 Å². The first-order valence-corrected chi connectivity index (χ1v) is 9.00. The highest BCUT2D eigenvalue weighted by molar-refractivity contribution is 5.83. The second-order valence-electron chi connectivity index (χ2n) is 6.87. The van der Waals surface area contributed by atoms with Gasteiger partial charge in [0.15, 0.2) is 0 Å². The molecule has 0 aromatic carbocycles. The lowest BCUT2D eigenvalue weighted by atomic mass is 9.87. The minimum absolute atomic E-state index is 0.0941. The number of likely N-dealkylation sites (N-methyl/N-ethyl adjacent to an activating group) is 1. The SMILES string of the molecule is COCC(OC)C(OC)C1OC(OC)(C(=O)N(C)C)CC(OC)C1NC(C)=O. The molecule has 1 aliphatic rings. The maximum absolute atomic E-state index is 12.9. The molecule has 6 unspecified atom stereocenters. The lowest BCUT2D eigenvalue weighted by Gasteiger charge is -2.49. The molecule has 164 valence electrons. The Labute approximate surface area is 166 Å². The molecular weight excluding hydrogens is 372 g/mol. The highest BCUT2D eigenvalue weighted by Gasteiger charge is 2.56. The molecule has 28 heavy (non-hydrogen) atoms. The third kappa shape index (κ3) is 5.40. The fourth-order valence-electron chi connectivity index (χ4n) is 3.51. The third-order valence-corrected chi connectivity index (χ3v) is 4.88. The van der Waals surface area contributed by atoms with E-state index in [1.165, 1.54) is 40.3 Å². The Kier molecular flexibility index (Phi) is 9.75. The van der Waals surface area contributed by atoms with Gasteiger partial charge < -0.3 is 38.6 Å². The van der Waals surface area contributed by atoms with Crippen molar-refractivity contribution in [2.24, 2.45) is 0 Å². The predicted molar refractivity (Wildman–Crippen MR) is 99.8 cm³/mol. The van der Waals surface area contributed by atoms with E-state index in [0.717, 1.165) is 0 Å². The number of nitrogens with zero attached hydrogens (tertiary/aromatic N) is 1. The van der Waals surface area contributed by atoms with E-state index in [0.29, 0.717) is 0 Å². The zero-order valence-electron chi connectivity index (χ0n) is 18.0. The van der Waals surface area contributed by atoms with E-state index in [1.54, 1.807) is 21.2 Å². The quantitative estimate of drug-likeness (QED) is 0.513. The average molecular weight is 406 g/mol. The molecule has 0 aliphatic carbocycles. The van der Waals surface area contributed by atoms with Gasteiger partial charge in [0.2, 0.25) is 5.91 Å². The van der Waals surface area contributed by atoms with E-state index in [1.807, 2.05) is 0 Å². The van der Waals surface area contributed by atoms with E-state index in [9.17, 15) is 9.59 Å². The smallest absolute Gasteiger partial charge is 0.282 e. The van der Waals surface area contributed by atoms with Crippen molar-refractivity contribution >= 4 is 11.8 Å². The summed E-state index contributed by atoms with van der Waals surface area (Å²) in [7, 11) is 10.7. The van der Waals surface area contributed by atoms with Gasteiger partial charge in [0, 0.05) is 63.0 Å². The Hall–Kier alpha value is -1.30. The van der Waals surface area contributed by atoms with Crippen molar-refractivity contribution in [3.8, 4) is 0 Å². The third-order valence-electron chi connectivity index (χ3n) is 4.88. The minimum Gasteiger partial charge on any atom is -0.382 e. The number of carbonyl (C=O) groups excluding carboxylic acids is 2.